The third-order valence-corrected chi connectivity index (χ3v) is 6.12. The molecule has 1 heterocycles. The van der Waals surface area contributed by atoms with E-state index in [1.165, 1.54) is 5.56 Å². The summed E-state index contributed by atoms with van der Waals surface area (Å²) < 4.78 is 10.1. The van der Waals surface area contributed by atoms with E-state index in [-0.39, 0.29) is 12.3 Å². The topological polar surface area (TPSA) is 61.1 Å². The maximum atomic E-state index is 12.9. The molecule has 1 N–H and O–H groups in total. The largest absolute Gasteiger partial charge is 0.497 e. The fourth-order valence-corrected chi connectivity index (χ4v) is 3.96. The van der Waals surface area contributed by atoms with Gasteiger partial charge >= 0.3 is 0 Å². The highest BCUT2D eigenvalue weighted by molar-refractivity contribution is 9.10. The second kappa shape index (κ2) is 10.1. The number of aryl methyl sites for hydroxylation is 1. The minimum absolute atomic E-state index is 0.0567. The molecule has 4 rings (SSSR count). The summed E-state index contributed by atoms with van der Waals surface area (Å²) >= 11 is 9.14. The lowest BCUT2D eigenvalue weighted by molar-refractivity contribution is 0.0967. The molecule has 0 saturated heterocycles. The molecule has 1 aromatic heterocycles. The molecular formula is C25H23BrN4O2S. The average molecular weight is 523 g/mol. The number of ether oxygens (including phenoxy) is 1. The van der Waals surface area contributed by atoms with Crippen LogP contribution in [0.1, 0.15) is 21.7 Å². The summed E-state index contributed by atoms with van der Waals surface area (Å²) in [6, 6.07) is 23.0. The fourth-order valence-electron chi connectivity index (χ4n) is 3.38. The fraction of sp³-hybridized carbons (Fsp3) is 0.160. The van der Waals surface area contributed by atoms with Crippen molar-refractivity contribution in [2.24, 2.45) is 0 Å². The Balaban J connectivity index is 1.66. The summed E-state index contributed by atoms with van der Waals surface area (Å²) in [7, 11) is 1.63. The first kappa shape index (κ1) is 22.9. The molecule has 168 valence electrons. The molecule has 3 aromatic carbocycles. The molecule has 0 fully saturated rings. The van der Waals surface area contributed by atoms with Crippen molar-refractivity contribution in [3.63, 3.8) is 0 Å². The zero-order valence-electron chi connectivity index (χ0n) is 18.3. The first-order valence-electron chi connectivity index (χ1n) is 10.4. The molecule has 0 atom stereocenters. The maximum absolute atomic E-state index is 12.9. The number of carbonyl (C=O) groups excluding carboxylic acids is 1. The molecule has 0 aliphatic rings. The molecule has 4 aromatic rings. The van der Waals surface area contributed by atoms with Crippen molar-refractivity contribution in [3.8, 4) is 11.4 Å². The van der Waals surface area contributed by atoms with Gasteiger partial charge < -0.3 is 10.1 Å². The van der Waals surface area contributed by atoms with E-state index in [2.05, 4.69) is 28.2 Å². The van der Waals surface area contributed by atoms with Crippen molar-refractivity contribution in [3.05, 3.63) is 99.0 Å². The van der Waals surface area contributed by atoms with Crippen LogP contribution in [0.25, 0.3) is 5.69 Å². The van der Waals surface area contributed by atoms with Gasteiger partial charge in [0, 0.05) is 21.4 Å². The summed E-state index contributed by atoms with van der Waals surface area (Å²) in [5, 5.41) is 8.09. The molecule has 6 nitrogen and oxygen atoms in total. The van der Waals surface area contributed by atoms with E-state index in [1.54, 1.807) is 23.9 Å². The third-order valence-electron chi connectivity index (χ3n) is 5.20. The summed E-state index contributed by atoms with van der Waals surface area (Å²) in [6.45, 7) is 2.55. The summed E-state index contributed by atoms with van der Waals surface area (Å²) in [4.78, 5) is 12.9. The lowest BCUT2D eigenvalue weighted by Gasteiger charge is -2.10. The summed E-state index contributed by atoms with van der Waals surface area (Å²) in [5.74, 6) is 1.40. The second-order valence-corrected chi connectivity index (χ2v) is 8.82. The molecule has 0 aliphatic carbocycles. The lowest BCUT2D eigenvalue weighted by Crippen LogP contribution is -2.12. The van der Waals surface area contributed by atoms with Crippen LogP contribution in [0.2, 0.25) is 0 Å². The second-order valence-electron chi connectivity index (χ2n) is 7.54. The van der Waals surface area contributed by atoms with Crippen LogP contribution in [-0.2, 0) is 13.1 Å². The van der Waals surface area contributed by atoms with Crippen LogP contribution in [-0.4, -0.2) is 27.2 Å². The van der Waals surface area contributed by atoms with Gasteiger partial charge in [-0.05, 0) is 67.7 Å². The minimum atomic E-state index is -0.0592. The minimum Gasteiger partial charge on any atom is -0.497 e. The Morgan fingerprint density at radius 1 is 1.03 bits per heavy atom. The number of methoxy groups -OCH3 is 1. The smallest absolute Gasteiger partial charge is 0.203 e. The first-order valence-corrected chi connectivity index (χ1v) is 11.6. The molecule has 0 spiro atoms. The van der Waals surface area contributed by atoms with Gasteiger partial charge in [-0.3, -0.25) is 9.36 Å². The van der Waals surface area contributed by atoms with Crippen molar-refractivity contribution in [1.29, 1.82) is 0 Å². The number of nitrogens with one attached hydrogen (secondary N) is 1. The number of aromatic nitrogens is 3. The Labute approximate surface area is 206 Å². The van der Waals surface area contributed by atoms with E-state index in [0.29, 0.717) is 22.7 Å². The summed E-state index contributed by atoms with van der Waals surface area (Å²) in [5.41, 5.74) is 3.63. The van der Waals surface area contributed by atoms with E-state index < -0.39 is 0 Å². The number of nitrogens with zero attached hydrogens (tertiary/aromatic N) is 3. The number of rotatable bonds is 8. The van der Waals surface area contributed by atoms with Crippen LogP contribution < -0.4 is 10.1 Å². The first-order chi connectivity index (χ1) is 15.9. The van der Waals surface area contributed by atoms with Gasteiger partial charge in [-0.1, -0.05) is 45.8 Å². The van der Waals surface area contributed by atoms with Gasteiger partial charge in [0.15, 0.2) is 11.6 Å². The van der Waals surface area contributed by atoms with Crippen LogP contribution in [0.5, 0.6) is 5.75 Å². The van der Waals surface area contributed by atoms with Gasteiger partial charge in [0.2, 0.25) is 4.77 Å². The molecule has 33 heavy (non-hydrogen) atoms. The number of hydrogen-bond donors (Lipinski definition) is 1. The third kappa shape index (κ3) is 5.40. The van der Waals surface area contributed by atoms with E-state index in [9.17, 15) is 4.79 Å². The van der Waals surface area contributed by atoms with E-state index >= 15 is 0 Å². The predicted molar refractivity (Wildman–Crippen MR) is 136 cm³/mol. The molecule has 8 heteroatoms. The molecule has 0 saturated carbocycles. The van der Waals surface area contributed by atoms with Gasteiger partial charge in [0.25, 0.3) is 0 Å². The van der Waals surface area contributed by atoms with Gasteiger partial charge in [-0.2, -0.15) is 5.10 Å². The van der Waals surface area contributed by atoms with Crippen molar-refractivity contribution in [1.82, 2.24) is 14.3 Å². The van der Waals surface area contributed by atoms with E-state index in [0.717, 1.165) is 21.6 Å². The Morgan fingerprint density at radius 2 is 1.70 bits per heavy atom. The monoisotopic (exact) mass is 522 g/mol. The molecule has 0 bridgehead atoms. The van der Waals surface area contributed by atoms with E-state index in [1.807, 2.05) is 65.2 Å². The van der Waals surface area contributed by atoms with Crippen molar-refractivity contribution in [2.45, 2.75) is 20.0 Å². The van der Waals surface area contributed by atoms with E-state index in [4.69, 9.17) is 22.1 Å². The average Bonchev–Trinajstić information content (AvgIpc) is 3.14. The quantitative estimate of drug-likeness (QED) is 0.228. The molecule has 0 radical (unpaired) electrons. The Kier molecular flexibility index (Phi) is 7.05. The molecule has 0 unspecified atom stereocenters. The highest BCUT2D eigenvalue weighted by atomic mass is 79.9. The standard InChI is InChI=1S/C25H23BrN4O2S/c1-17-3-9-20(10-4-17)27-15-24-28-29(16-23(31)18-5-7-19(26)8-6-18)25(33)30(24)21-11-13-22(32-2)14-12-21/h3-14,27H,15-16H2,1-2H3. The van der Waals surface area contributed by atoms with Crippen molar-refractivity contribution < 1.29 is 9.53 Å². The normalized spacial score (nSPS) is 10.8. The number of ketones is 1. The molecule has 0 amide bonds. The highest BCUT2D eigenvalue weighted by Gasteiger charge is 2.16. The zero-order valence-corrected chi connectivity index (χ0v) is 20.7. The van der Waals surface area contributed by atoms with Gasteiger partial charge in [-0.25, -0.2) is 4.68 Å². The lowest BCUT2D eigenvalue weighted by atomic mass is 10.1. The predicted octanol–water partition coefficient (Wildman–Crippen LogP) is 5.98. The van der Waals surface area contributed by atoms with Crippen LogP contribution in [0, 0.1) is 11.7 Å². The number of hydrogen-bond acceptors (Lipinski definition) is 5. The number of anilines is 1. The number of halogens is 1. The number of benzene rings is 3. The SMILES string of the molecule is COc1ccc(-n2c(CNc3ccc(C)cc3)nn(CC(=O)c3ccc(Br)cc3)c2=S)cc1. The van der Waals surface area contributed by atoms with Gasteiger partial charge in [-0.15, -0.1) is 0 Å². The van der Waals surface area contributed by atoms with Crippen LogP contribution in [0.4, 0.5) is 5.69 Å². The Hall–Kier alpha value is -3.23. The summed E-state index contributed by atoms with van der Waals surface area (Å²) in [6.07, 6.45) is 0. The van der Waals surface area contributed by atoms with Crippen molar-refractivity contribution in [2.75, 3.05) is 12.4 Å². The number of Topliss-reactive ketones (excluding diaryl/α,β-unsaturated/α-hetero) is 1. The van der Waals surface area contributed by atoms with Crippen LogP contribution in [0.3, 0.4) is 0 Å². The van der Waals surface area contributed by atoms with Crippen LogP contribution >= 0.6 is 28.1 Å². The van der Waals surface area contributed by atoms with Crippen LogP contribution in [0.15, 0.2) is 77.3 Å². The van der Waals surface area contributed by atoms with Gasteiger partial charge in [0.05, 0.1) is 13.7 Å². The number of carbonyl (C=O) groups is 1. The molecule has 0 aliphatic heterocycles. The highest BCUT2D eigenvalue weighted by Crippen LogP contribution is 2.19. The Morgan fingerprint density at radius 3 is 2.33 bits per heavy atom. The molecular weight excluding hydrogens is 500 g/mol. The zero-order chi connectivity index (χ0) is 23.4. The Bertz CT molecular complexity index is 1310. The van der Waals surface area contributed by atoms with Crippen molar-refractivity contribution >= 4 is 39.6 Å². The maximum Gasteiger partial charge on any atom is 0.203 e. The van der Waals surface area contributed by atoms with Gasteiger partial charge in [0.1, 0.15) is 12.3 Å².